The third-order valence-corrected chi connectivity index (χ3v) is 3.70. The van der Waals surface area contributed by atoms with Gasteiger partial charge in [0.25, 0.3) is 0 Å². The summed E-state index contributed by atoms with van der Waals surface area (Å²) in [4.78, 5) is 11.7. The van der Waals surface area contributed by atoms with Crippen molar-refractivity contribution in [2.45, 2.75) is 19.3 Å². The minimum Gasteiger partial charge on any atom is -0.326 e. The van der Waals surface area contributed by atoms with Gasteiger partial charge < -0.3 is 5.32 Å². The van der Waals surface area contributed by atoms with E-state index in [0.29, 0.717) is 12.2 Å². The molecular formula is C12H13F2NOS. The van der Waals surface area contributed by atoms with Crippen molar-refractivity contribution in [3.8, 4) is 0 Å². The van der Waals surface area contributed by atoms with Crippen molar-refractivity contribution in [3.05, 3.63) is 29.8 Å². The predicted octanol–water partition coefficient (Wildman–Crippen LogP) is 3.00. The Balaban J connectivity index is 1.96. The van der Waals surface area contributed by atoms with Gasteiger partial charge >= 0.3 is 0 Å². The van der Waals surface area contributed by atoms with Crippen LogP contribution >= 0.6 is 12.6 Å². The minimum atomic E-state index is -0.960. The Morgan fingerprint density at radius 1 is 1.35 bits per heavy atom. The van der Waals surface area contributed by atoms with Crippen LogP contribution < -0.4 is 5.32 Å². The lowest BCUT2D eigenvalue weighted by atomic mass is 10.1. The number of anilines is 1. The van der Waals surface area contributed by atoms with Crippen molar-refractivity contribution in [2.75, 3.05) is 11.1 Å². The molecule has 5 heteroatoms. The van der Waals surface area contributed by atoms with Crippen LogP contribution in [0.1, 0.15) is 19.3 Å². The zero-order valence-corrected chi connectivity index (χ0v) is 10.1. The third kappa shape index (κ3) is 2.97. The van der Waals surface area contributed by atoms with E-state index in [1.54, 1.807) is 0 Å². The van der Waals surface area contributed by atoms with Crippen molar-refractivity contribution in [1.29, 1.82) is 0 Å². The van der Waals surface area contributed by atoms with Crippen LogP contribution in [0.3, 0.4) is 0 Å². The van der Waals surface area contributed by atoms with E-state index in [9.17, 15) is 13.6 Å². The minimum absolute atomic E-state index is 0.0196. The largest absolute Gasteiger partial charge is 0.326 e. The molecule has 0 atom stereocenters. The van der Waals surface area contributed by atoms with E-state index in [1.807, 2.05) is 0 Å². The molecule has 2 rings (SSSR count). The summed E-state index contributed by atoms with van der Waals surface area (Å²) in [5.74, 6) is -1.38. The van der Waals surface area contributed by atoms with E-state index in [1.165, 1.54) is 6.07 Å². The number of thiol groups is 1. The predicted molar refractivity (Wildman–Crippen MR) is 65.1 cm³/mol. The summed E-state index contributed by atoms with van der Waals surface area (Å²) >= 11 is 4.20. The molecule has 0 unspecified atom stereocenters. The van der Waals surface area contributed by atoms with Crippen LogP contribution in [0.4, 0.5) is 14.5 Å². The lowest BCUT2D eigenvalue weighted by Crippen LogP contribution is -2.18. The molecule has 0 heterocycles. The van der Waals surface area contributed by atoms with Crippen LogP contribution in [0.25, 0.3) is 0 Å². The number of nitrogens with one attached hydrogen (secondary N) is 1. The molecule has 1 saturated carbocycles. The average Bonchev–Trinajstić information content (AvgIpc) is 3.04. The second kappa shape index (κ2) is 4.64. The highest BCUT2D eigenvalue weighted by Crippen LogP contribution is 2.49. The van der Waals surface area contributed by atoms with Crippen LogP contribution in [-0.2, 0) is 4.79 Å². The van der Waals surface area contributed by atoms with E-state index in [-0.39, 0.29) is 17.0 Å². The number of hydrogen-bond donors (Lipinski definition) is 2. The fourth-order valence-corrected chi connectivity index (χ4v) is 2.12. The Morgan fingerprint density at radius 3 is 2.59 bits per heavy atom. The molecule has 1 aromatic rings. The van der Waals surface area contributed by atoms with E-state index in [4.69, 9.17) is 0 Å². The second-order valence-corrected chi connectivity index (χ2v) is 4.83. The number of carbonyl (C=O) groups is 1. The van der Waals surface area contributed by atoms with E-state index < -0.39 is 11.6 Å². The number of hydrogen-bond acceptors (Lipinski definition) is 2. The zero-order valence-electron chi connectivity index (χ0n) is 9.17. The first-order valence-electron chi connectivity index (χ1n) is 5.40. The lowest BCUT2D eigenvalue weighted by Gasteiger charge is -2.11. The Kier molecular flexibility index (Phi) is 3.38. The van der Waals surface area contributed by atoms with Gasteiger partial charge in [-0.25, -0.2) is 8.78 Å². The summed E-state index contributed by atoms with van der Waals surface area (Å²) in [6.07, 6.45) is 2.39. The van der Waals surface area contributed by atoms with E-state index in [2.05, 4.69) is 17.9 Å². The highest BCUT2D eigenvalue weighted by molar-refractivity contribution is 7.80. The summed E-state index contributed by atoms with van der Waals surface area (Å²) in [6.45, 7) is 0. The number of rotatable bonds is 4. The first-order chi connectivity index (χ1) is 8.04. The van der Waals surface area contributed by atoms with Gasteiger partial charge in [-0.2, -0.15) is 12.6 Å². The fourth-order valence-electron chi connectivity index (χ4n) is 1.69. The molecule has 1 fully saturated rings. The molecule has 1 N–H and O–H groups in total. The van der Waals surface area contributed by atoms with Gasteiger partial charge in [0, 0.05) is 18.2 Å². The van der Waals surface area contributed by atoms with Crippen LogP contribution in [0.2, 0.25) is 0 Å². The number of carbonyl (C=O) groups excluding carboxylic acids is 1. The quantitative estimate of drug-likeness (QED) is 0.798. The molecule has 0 saturated heterocycles. The highest BCUT2D eigenvalue weighted by atomic mass is 32.1. The van der Waals surface area contributed by atoms with Gasteiger partial charge in [-0.1, -0.05) is 0 Å². The summed E-state index contributed by atoms with van der Waals surface area (Å²) in [5, 5.41) is 2.56. The van der Waals surface area contributed by atoms with Crippen molar-refractivity contribution >= 4 is 24.2 Å². The maximum Gasteiger partial charge on any atom is 0.224 e. The van der Waals surface area contributed by atoms with Crippen molar-refractivity contribution in [3.63, 3.8) is 0 Å². The summed E-state index contributed by atoms with van der Waals surface area (Å²) in [6, 6.07) is 3.32. The Bertz CT molecular complexity index is 446. The summed E-state index contributed by atoms with van der Waals surface area (Å²) < 4.78 is 25.6. The van der Waals surface area contributed by atoms with Gasteiger partial charge in [0.2, 0.25) is 5.91 Å². The normalized spacial score (nSPS) is 16.6. The second-order valence-electron chi connectivity index (χ2n) is 4.51. The molecule has 1 aliphatic carbocycles. The van der Waals surface area contributed by atoms with Gasteiger partial charge in [-0.15, -0.1) is 0 Å². The maximum atomic E-state index is 12.9. The zero-order chi connectivity index (χ0) is 12.5. The smallest absolute Gasteiger partial charge is 0.224 e. The molecule has 0 bridgehead atoms. The average molecular weight is 257 g/mol. The molecule has 17 heavy (non-hydrogen) atoms. The molecular weight excluding hydrogens is 244 g/mol. The topological polar surface area (TPSA) is 29.1 Å². The van der Waals surface area contributed by atoms with Crippen molar-refractivity contribution in [2.24, 2.45) is 5.41 Å². The van der Waals surface area contributed by atoms with Gasteiger partial charge in [0.1, 0.15) is 0 Å². The number of amides is 1. The monoisotopic (exact) mass is 257 g/mol. The van der Waals surface area contributed by atoms with E-state index in [0.717, 1.165) is 25.0 Å². The Hall–Kier alpha value is -1.10. The SMILES string of the molecule is O=C(CC1(CS)CC1)Nc1ccc(F)c(F)c1. The lowest BCUT2D eigenvalue weighted by molar-refractivity contribution is -0.117. The molecule has 1 amide bonds. The van der Waals surface area contributed by atoms with Crippen molar-refractivity contribution in [1.82, 2.24) is 0 Å². The Morgan fingerprint density at radius 2 is 2.06 bits per heavy atom. The number of halogens is 2. The van der Waals surface area contributed by atoms with Crippen LogP contribution in [-0.4, -0.2) is 11.7 Å². The maximum absolute atomic E-state index is 12.9. The molecule has 0 spiro atoms. The molecule has 0 radical (unpaired) electrons. The highest BCUT2D eigenvalue weighted by Gasteiger charge is 2.42. The van der Waals surface area contributed by atoms with E-state index >= 15 is 0 Å². The summed E-state index contributed by atoms with van der Waals surface area (Å²) in [5.41, 5.74) is 0.301. The fraction of sp³-hybridized carbons (Fsp3) is 0.417. The molecule has 1 aliphatic rings. The first kappa shape index (κ1) is 12.4. The number of benzene rings is 1. The molecule has 1 aromatic carbocycles. The molecule has 2 nitrogen and oxygen atoms in total. The van der Waals surface area contributed by atoms with Gasteiger partial charge in [0.15, 0.2) is 11.6 Å². The van der Waals surface area contributed by atoms with Crippen LogP contribution in [0, 0.1) is 17.0 Å². The third-order valence-electron chi connectivity index (χ3n) is 3.03. The van der Waals surface area contributed by atoms with Crippen LogP contribution in [0.5, 0.6) is 0 Å². The molecule has 92 valence electrons. The van der Waals surface area contributed by atoms with Gasteiger partial charge in [-0.3, -0.25) is 4.79 Å². The van der Waals surface area contributed by atoms with Crippen LogP contribution in [0.15, 0.2) is 18.2 Å². The van der Waals surface area contributed by atoms with Gasteiger partial charge in [0.05, 0.1) is 0 Å². The standard InChI is InChI=1S/C12H13F2NOS/c13-9-2-1-8(5-10(9)14)15-11(16)6-12(7-17)3-4-12/h1-2,5,17H,3-4,6-7H2,(H,15,16). The molecule has 0 aromatic heterocycles. The summed E-state index contributed by atoms with van der Waals surface area (Å²) in [7, 11) is 0. The van der Waals surface area contributed by atoms with Crippen molar-refractivity contribution < 1.29 is 13.6 Å². The first-order valence-corrected chi connectivity index (χ1v) is 6.04. The Labute approximate surface area is 104 Å². The van der Waals surface area contributed by atoms with Gasteiger partial charge in [-0.05, 0) is 36.1 Å². The molecule has 0 aliphatic heterocycles.